The zero-order valence-corrected chi connectivity index (χ0v) is 14.6. The standard InChI is InChI=1S/C16H24N2O4.ClH/c1-12-5-4-6-14(11-12)22-10-8-17-16(21)13(2)18(3)9-7-15(19)20;/h4-6,11,13H,7-10H2,1-3H3,(H,17,21)(H,19,20);1H. The Labute approximate surface area is 143 Å². The molecule has 6 nitrogen and oxygen atoms in total. The van der Waals surface area contributed by atoms with Crippen LogP contribution in [-0.4, -0.2) is 54.7 Å². The number of carbonyl (C=O) groups excluding carboxylic acids is 1. The number of likely N-dealkylation sites (N-methyl/N-ethyl adjacent to an activating group) is 1. The Morgan fingerprint density at radius 3 is 2.70 bits per heavy atom. The molecule has 1 atom stereocenters. The van der Waals surface area contributed by atoms with Crippen molar-refractivity contribution >= 4 is 24.3 Å². The Kier molecular flexibility index (Phi) is 10.0. The average Bonchev–Trinajstić information content (AvgIpc) is 2.48. The Morgan fingerprint density at radius 1 is 1.39 bits per heavy atom. The van der Waals surface area contributed by atoms with Crippen molar-refractivity contribution in [3.63, 3.8) is 0 Å². The highest BCUT2D eigenvalue weighted by molar-refractivity contribution is 5.85. The molecule has 1 aromatic rings. The van der Waals surface area contributed by atoms with E-state index in [-0.39, 0.29) is 30.8 Å². The second kappa shape index (κ2) is 10.9. The van der Waals surface area contributed by atoms with E-state index in [1.807, 2.05) is 31.2 Å². The minimum Gasteiger partial charge on any atom is -0.492 e. The number of benzene rings is 1. The Morgan fingerprint density at radius 2 is 2.09 bits per heavy atom. The van der Waals surface area contributed by atoms with Crippen molar-refractivity contribution in [1.82, 2.24) is 10.2 Å². The number of carboxylic acid groups (broad SMARTS) is 1. The summed E-state index contributed by atoms with van der Waals surface area (Å²) in [7, 11) is 1.73. The predicted molar refractivity (Wildman–Crippen MR) is 91.3 cm³/mol. The molecule has 0 bridgehead atoms. The maximum Gasteiger partial charge on any atom is 0.304 e. The summed E-state index contributed by atoms with van der Waals surface area (Å²) in [5.41, 5.74) is 1.12. The first-order valence-corrected chi connectivity index (χ1v) is 7.29. The Balaban J connectivity index is 0.00000484. The number of amides is 1. The van der Waals surface area contributed by atoms with E-state index in [9.17, 15) is 9.59 Å². The van der Waals surface area contributed by atoms with Gasteiger partial charge in [-0.05, 0) is 38.6 Å². The quantitative estimate of drug-likeness (QED) is 0.667. The molecule has 2 N–H and O–H groups in total. The zero-order chi connectivity index (χ0) is 16.5. The van der Waals surface area contributed by atoms with Crippen LogP contribution >= 0.6 is 12.4 Å². The Bertz CT molecular complexity index is 511. The topological polar surface area (TPSA) is 78.9 Å². The van der Waals surface area contributed by atoms with Gasteiger partial charge in [-0.2, -0.15) is 0 Å². The summed E-state index contributed by atoms with van der Waals surface area (Å²) in [6, 6.07) is 7.34. The van der Waals surface area contributed by atoms with Crippen LogP contribution in [0.4, 0.5) is 0 Å². The number of carbonyl (C=O) groups is 2. The van der Waals surface area contributed by atoms with Crippen LogP contribution in [0.1, 0.15) is 18.9 Å². The van der Waals surface area contributed by atoms with E-state index in [0.29, 0.717) is 19.7 Å². The normalized spacial score (nSPS) is 11.5. The monoisotopic (exact) mass is 344 g/mol. The maximum atomic E-state index is 11.9. The van der Waals surface area contributed by atoms with E-state index in [2.05, 4.69) is 5.32 Å². The van der Waals surface area contributed by atoms with Gasteiger partial charge in [-0.3, -0.25) is 14.5 Å². The fourth-order valence-electron chi connectivity index (χ4n) is 1.86. The minimum atomic E-state index is -0.869. The van der Waals surface area contributed by atoms with Gasteiger partial charge in [0.05, 0.1) is 19.0 Å². The molecule has 0 fully saturated rings. The number of ether oxygens (including phenoxy) is 1. The van der Waals surface area contributed by atoms with Crippen molar-refractivity contribution < 1.29 is 19.4 Å². The molecular weight excluding hydrogens is 320 g/mol. The van der Waals surface area contributed by atoms with Gasteiger partial charge in [0.15, 0.2) is 0 Å². The van der Waals surface area contributed by atoms with Gasteiger partial charge < -0.3 is 15.2 Å². The van der Waals surface area contributed by atoms with Crippen LogP contribution in [0.5, 0.6) is 5.75 Å². The molecule has 0 heterocycles. The van der Waals surface area contributed by atoms with E-state index < -0.39 is 5.97 Å². The first-order valence-electron chi connectivity index (χ1n) is 7.29. The van der Waals surface area contributed by atoms with Gasteiger partial charge in [0.1, 0.15) is 12.4 Å². The molecule has 0 saturated carbocycles. The first-order chi connectivity index (χ1) is 10.4. The van der Waals surface area contributed by atoms with Crippen molar-refractivity contribution in [2.24, 2.45) is 0 Å². The maximum absolute atomic E-state index is 11.9. The van der Waals surface area contributed by atoms with Gasteiger partial charge in [0.2, 0.25) is 5.91 Å². The number of rotatable bonds is 9. The summed E-state index contributed by atoms with van der Waals surface area (Å²) in [6.07, 6.45) is 0.0184. The first kappa shape index (κ1) is 21.2. The zero-order valence-electron chi connectivity index (χ0n) is 13.7. The van der Waals surface area contributed by atoms with Crippen LogP contribution in [-0.2, 0) is 9.59 Å². The fourth-order valence-corrected chi connectivity index (χ4v) is 1.86. The molecule has 7 heteroatoms. The fraction of sp³-hybridized carbons (Fsp3) is 0.500. The average molecular weight is 345 g/mol. The lowest BCUT2D eigenvalue weighted by Crippen LogP contribution is -2.44. The van der Waals surface area contributed by atoms with Crippen LogP contribution in [0.2, 0.25) is 0 Å². The van der Waals surface area contributed by atoms with Gasteiger partial charge in [0.25, 0.3) is 0 Å². The lowest BCUT2D eigenvalue weighted by atomic mass is 10.2. The predicted octanol–water partition coefficient (Wildman–Crippen LogP) is 1.71. The number of carboxylic acids is 1. The highest BCUT2D eigenvalue weighted by Gasteiger charge is 2.17. The molecule has 1 rings (SSSR count). The summed E-state index contributed by atoms with van der Waals surface area (Å²) in [5.74, 6) is -0.229. The number of aryl methyl sites for hydroxylation is 1. The number of aliphatic carboxylic acids is 1. The van der Waals surface area contributed by atoms with E-state index >= 15 is 0 Å². The van der Waals surface area contributed by atoms with Crippen LogP contribution < -0.4 is 10.1 Å². The van der Waals surface area contributed by atoms with Gasteiger partial charge in [-0.1, -0.05) is 12.1 Å². The minimum absolute atomic E-state index is 0. The number of halogens is 1. The number of hydrogen-bond donors (Lipinski definition) is 2. The van der Waals surface area contributed by atoms with Gasteiger partial charge in [0, 0.05) is 6.54 Å². The molecule has 23 heavy (non-hydrogen) atoms. The lowest BCUT2D eigenvalue weighted by Gasteiger charge is -2.23. The van der Waals surface area contributed by atoms with E-state index in [0.717, 1.165) is 11.3 Å². The number of hydrogen-bond acceptors (Lipinski definition) is 4. The molecule has 0 aliphatic carbocycles. The number of nitrogens with one attached hydrogen (secondary N) is 1. The van der Waals surface area contributed by atoms with Crippen molar-refractivity contribution in [1.29, 1.82) is 0 Å². The molecule has 0 saturated heterocycles. The van der Waals surface area contributed by atoms with Gasteiger partial charge in [-0.25, -0.2) is 0 Å². The highest BCUT2D eigenvalue weighted by atomic mass is 35.5. The highest BCUT2D eigenvalue weighted by Crippen LogP contribution is 2.11. The second-order valence-electron chi connectivity index (χ2n) is 5.26. The van der Waals surface area contributed by atoms with Crippen molar-refractivity contribution in [2.45, 2.75) is 26.3 Å². The van der Waals surface area contributed by atoms with Crippen LogP contribution in [0.3, 0.4) is 0 Å². The molecule has 130 valence electrons. The van der Waals surface area contributed by atoms with Crippen LogP contribution in [0, 0.1) is 6.92 Å². The molecule has 0 aliphatic rings. The van der Waals surface area contributed by atoms with Crippen molar-refractivity contribution in [3.05, 3.63) is 29.8 Å². The molecule has 0 spiro atoms. The van der Waals surface area contributed by atoms with Gasteiger partial charge >= 0.3 is 5.97 Å². The SMILES string of the molecule is Cc1cccc(OCCNC(=O)C(C)N(C)CCC(=O)O)c1.Cl. The third-order valence-corrected chi connectivity index (χ3v) is 3.38. The molecule has 1 amide bonds. The lowest BCUT2D eigenvalue weighted by molar-refractivity contribution is -0.138. The largest absolute Gasteiger partial charge is 0.492 e. The van der Waals surface area contributed by atoms with E-state index in [1.54, 1.807) is 18.9 Å². The summed E-state index contributed by atoms with van der Waals surface area (Å²) < 4.78 is 5.55. The summed E-state index contributed by atoms with van der Waals surface area (Å²) in [5, 5.41) is 11.4. The third kappa shape index (κ3) is 8.42. The van der Waals surface area contributed by atoms with Crippen LogP contribution in [0.15, 0.2) is 24.3 Å². The molecule has 1 unspecified atom stereocenters. The summed E-state index contributed by atoms with van der Waals surface area (Å²) in [4.78, 5) is 24.2. The van der Waals surface area contributed by atoms with E-state index in [1.165, 1.54) is 0 Å². The summed E-state index contributed by atoms with van der Waals surface area (Å²) in [6.45, 7) is 4.87. The molecule has 0 aromatic heterocycles. The number of nitrogens with zero attached hydrogens (tertiary/aromatic N) is 1. The van der Waals surface area contributed by atoms with Crippen molar-refractivity contribution in [3.8, 4) is 5.75 Å². The molecule has 0 aliphatic heterocycles. The van der Waals surface area contributed by atoms with Crippen LogP contribution in [0.25, 0.3) is 0 Å². The molecule has 1 aromatic carbocycles. The third-order valence-electron chi connectivity index (χ3n) is 3.38. The van der Waals surface area contributed by atoms with Gasteiger partial charge in [-0.15, -0.1) is 12.4 Å². The smallest absolute Gasteiger partial charge is 0.304 e. The van der Waals surface area contributed by atoms with E-state index in [4.69, 9.17) is 9.84 Å². The molecular formula is C16H25ClN2O4. The molecule has 0 radical (unpaired) electrons. The summed E-state index contributed by atoms with van der Waals surface area (Å²) >= 11 is 0. The van der Waals surface area contributed by atoms with Crippen molar-refractivity contribution in [2.75, 3.05) is 26.7 Å². The Hall–Kier alpha value is -1.79. The second-order valence-corrected chi connectivity index (χ2v) is 5.26.